The van der Waals surface area contributed by atoms with Gasteiger partial charge < -0.3 is 19.3 Å². The van der Waals surface area contributed by atoms with Crippen LogP contribution in [0.25, 0.3) is 11.1 Å². The molecule has 0 radical (unpaired) electrons. The van der Waals surface area contributed by atoms with Gasteiger partial charge in [-0.2, -0.15) is 0 Å². The van der Waals surface area contributed by atoms with Gasteiger partial charge in [-0.05, 0) is 78.1 Å². The normalized spacial score (nSPS) is 16.6. The first-order valence-corrected chi connectivity index (χ1v) is 11.6. The molecule has 1 N–H and O–H groups in total. The summed E-state index contributed by atoms with van der Waals surface area (Å²) >= 11 is -1.17. The van der Waals surface area contributed by atoms with Crippen LogP contribution < -0.4 is 14.8 Å². The second-order valence-corrected chi connectivity index (χ2v) is 9.97. The summed E-state index contributed by atoms with van der Waals surface area (Å²) in [5, 5.41) is 3.10. The minimum absolute atomic E-state index is 0.00903. The molecule has 164 valence electrons. The first kappa shape index (κ1) is 20.9. The standard InChI is InChI=1S/C25H24N2O4S/c1-27(2)32(29)21-9-6-17(7-10-21)18-4-3-5-20(14-18)26-24(28)25(12-13-25)19-8-11-22-23(15-19)31-16-30-22/h3-11,14-15H,12-13,16H2,1-2H3,(H,26,28). The maximum Gasteiger partial charge on any atom is 0.235 e. The molecule has 32 heavy (non-hydrogen) atoms. The molecule has 3 aromatic rings. The number of rotatable bonds is 6. The Balaban J connectivity index is 1.33. The number of benzene rings is 3. The number of hydrogen-bond acceptors (Lipinski definition) is 5. The molecule has 1 aliphatic heterocycles. The molecule has 1 heterocycles. The number of carbonyl (C=O) groups excluding carboxylic acids is 1. The van der Waals surface area contributed by atoms with E-state index in [2.05, 4.69) is 5.32 Å². The van der Waals surface area contributed by atoms with E-state index in [4.69, 9.17) is 9.47 Å². The Kier molecular flexibility index (Phi) is 5.33. The van der Waals surface area contributed by atoms with Crippen molar-refractivity contribution >= 4 is 23.0 Å². The van der Waals surface area contributed by atoms with Crippen molar-refractivity contribution in [3.05, 3.63) is 72.3 Å². The summed E-state index contributed by atoms with van der Waals surface area (Å²) in [4.78, 5) is 14.0. The van der Waals surface area contributed by atoms with Crippen LogP contribution >= 0.6 is 0 Å². The molecular weight excluding hydrogens is 424 g/mol. The lowest BCUT2D eigenvalue weighted by Gasteiger charge is -2.17. The molecule has 3 aromatic carbocycles. The van der Waals surface area contributed by atoms with Crippen molar-refractivity contribution in [3.63, 3.8) is 0 Å². The molecule has 0 bridgehead atoms. The van der Waals surface area contributed by atoms with Gasteiger partial charge in [-0.1, -0.05) is 18.2 Å². The van der Waals surface area contributed by atoms with Crippen LogP contribution in [0.1, 0.15) is 18.4 Å². The fraction of sp³-hybridized carbons (Fsp3) is 0.240. The van der Waals surface area contributed by atoms with Gasteiger partial charge in [0.2, 0.25) is 12.7 Å². The largest absolute Gasteiger partial charge is 0.593 e. The molecule has 5 rings (SSSR count). The van der Waals surface area contributed by atoms with Gasteiger partial charge in [0.05, 0.1) is 16.8 Å². The van der Waals surface area contributed by atoms with Gasteiger partial charge in [0.1, 0.15) is 0 Å². The maximum atomic E-state index is 13.2. The third-order valence-electron chi connectivity index (χ3n) is 5.95. The number of hydrogen-bond donors (Lipinski definition) is 1. The van der Waals surface area contributed by atoms with Crippen LogP contribution in [0.2, 0.25) is 0 Å². The van der Waals surface area contributed by atoms with E-state index in [0.29, 0.717) is 5.75 Å². The lowest BCUT2D eigenvalue weighted by molar-refractivity contribution is -0.118. The van der Waals surface area contributed by atoms with Gasteiger partial charge in [-0.15, -0.1) is 4.31 Å². The highest BCUT2D eigenvalue weighted by Crippen LogP contribution is 2.51. The lowest BCUT2D eigenvalue weighted by atomic mass is 9.94. The zero-order chi connectivity index (χ0) is 22.3. The van der Waals surface area contributed by atoms with Crippen molar-refractivity contribution in [1.82, 2.24) is 4.31 Å². The highest BCUT2D eigenvalue weighted by atomic mass is 32.2. The van der Waals surface area contributed by atoms with Crippen molar-refractivity contribution in [2.45, 2.75) is 23.2 Å². The van der Waals surface area contributed by atoms with Gasteiger partial charge >= 0.3 is 0 Å². The SMILES string of the molecule is CN(C)[S+]([O-])c1ccc(-c2cccc(NC(=O)C3(c4ccc5c(c4)OCO5)CC3)c2)cc1. The number of nitrogens with zero attached hydrogens (tertiary/aromatic N) is 1. The van der Waals surface area contributed by atoms with E-state index in [-0.39, 0.29) is 12.7 Å². The fourth-order valence-electron chi connectivity index (χ4n) is 3.97. The zero-order valence-corrected chi connectivity index (χ0v) is 18.8. The van der Waals surface area contributed by atoms with Crippen LogP contribution in [0.3, 0.4) is 0 Å². The Morgan fingerprint density at radius 3 is 2.44 bits per heavy atom. The van der Waals surface area contributed by atoms with Crippen LogP contribution in [0.5, 0.6) is 11.5 Å². The van der Waals surface area contributed by atoms with E-state index in [9.17, 15) is 9.35 Å². The summed E-state index contributed by atoms with van der Waals surface area (Å²) < 4.78 is 24.8. The summed E-state index contributed by atoms with van der Waals surface area (Å²) in [5.74, 6) is 1.41. The second kappa shape index (κ2) is 8.16. The minimum Gasteiger partial charge on any atom is -0.593 e. The van der Waals surface area contributed by atoms with Crippen molar-refractivity contribution < 1.29 is 18.8 Å². The highest BCUT2D eigenvalue weighted by Gasteiger charge is 2.51. The third-order valence-corrected chi connectivity index (χ3v) is 7.29. The van der Waals surface area contributed by atoms with Crippen LogP contribution in [-0.4, -0.2) is 35.7 Å². The van der Waals surface area contributed by atoms with Crippen LogP contribution in [0, 0.1) is 0 Å². The number of ether oxygens (including phenoxy) is 2. The quantitative estimate of drug-likeness (QED) is 0.568. The van der Waals surface area contributed by atoms with Crippen molar-refractivity contribution in [3.8, 4) is 22.6 Å². The number of amides is 1. The van der Waals surface area contributed by atoms with Crippen molar-refractivity contribution in [2.24, 2.45) is 0 Å². The average Bonchev–Trinajstić information content (AvgIpc) is 3.49. The van der Waals surface area contributed by atoms with Crippen molar-refractivity contribution in [2.75, 3.05) is 26.2 Å². The smallest absolute Gasteiger partial charge is 0.235 e. The molecule has 7 heteroatoms. The predicted octanol–water partition coefficient (Wildman–Crippen LogP) is 4.34. The van der Waals surface area contributed by atoms with Gasteiger partial charge in [-0.25, -0.2) is 0 Å². The molecule has 2 aliphatic rings. The second-order valence-electron chi connectivity index (χ2n) is 8.27. The molecule has 1 atom stereocenters. The van der Waals surface area contributed by atoms with Gasteiger partial charge in [0.25, 0.3) is 0 Å². The molecule has 0 aromatic heterocycles. The minimum atomic E-state index is -1.17. The first-order chi connectivity index (χ1) is 15.5. The Bertz CT molecular complexity index is 1160. The van der Waals surface area contributed by atoms with E-state index in [1.165, 1.54) is 0 Å². The topological polar surface area (TPSA) is 73.9 Å². The van der Waals surface area contributed by atoms with E-state index in [1.807, 2.05) is 66.7 Å². The monoisotopic (exact) mass is 448 g/mol. The van der Waals surface area contributed by atoms with Crippen LogP contribution in [0.4, 0.5) is 5.69 Å². The average molecular weight is 449 g/mol. The van der Waals surface area contributed by atoms with E-state index in [1.54, 1.807) is 18.4 Å². The number of nitrogens with one attached hydrogen (secondary N) is 1. The Morgan fingerprint density at radius 2 is 1.72 bits per heavy atom. The van der Waals surface area contributed by atoms with Crippen LogP contribution in [0.15, 0.2) is 71.6 Å². The zero-order valence-electron chi connectivity index (χ0n) is 18.0. The van der Waals surface area contributed by atoms with Gasteiger partial charge in [0.15, 0.2) is 16.4 Å². The summed E-state index contributed by atoms with van der Waals surface area (Å²) in [6.07, 6.45) is 1.62. The van der Waals surface area contributed by atoms with Crippen LogP contribution in [-0.2, 0) is 21.6 Å². The summed E-state index contributed by atoms with van der Waals surface area (Å²) in [5.41, 5.74) is 3.17. The molecular formula is C25H24N2O4S. The number of carbonyl (C=O) groups is 1. The molecule has 1 saturated carbocycles. The van der Waals surface area contributed by atoms with E-state index >= 15 is 0 Å². The van der Waals surface area contributed by atoms with Crippen molar-refractivity contribution in [1.29, 1.82) is 0 Å². The first-order valence-electron chi connectivity index (χ1n) is 10.5. The third kappa shape index (κ3) is 3.83. The van der Waals surface area contributed by atoms with E-state index < -0.39 is 16.8 Å². The fourth-order valence-corrected chi connectivity index (χ4v) is 4.76. The molecule has 0 spiro atoms. The summed E-state index contributed by atoms with van der Waals surface area (Å²) in [6.45, 7) is 0.219. The number of anilines is 1. The van der Waals surface area contributed by atoms with E-state index in [0.717, 1.165) is 45.9 Å². The Morgan fingerprint density at radius 1 is 0.969 bits per heavy atom. The maximum absolute atomic E-state index is 13.2. The molecule has 0 saturated heterocycles. The molecule has 6 nitrogen and oxygen atoms in total. The molecule has 1 unspecified atom stereocenters. The highest BCUT2D eigenvalue weighted by molar-refractivity contribution is 7.89. The van der Waals surface area contributed by atoms with Gasteiger partial charge in [-0.3, -0.25) is 4.79 Å². The Labute approximate surface area is 190 Å². The molecule has 1 aliphatic carbocycles. The summed E-state index contributed by atoms with van der Waals surface area (Å²) in [6, 6.07) is 21.2. The Hall–Kier alpha value is -3.00. The number of fused-ring (bicyclic) bond motifs is 1. The lowest BCUT2D eigenvalue weighted by Crippen LogP contribution is -2.27. The predicted molar refractivity (Wildman–Crippen MR) is 124 cm³/mol. The molecule has 1 amide bonds. The summed E-state index contributed by atoms with van der Waals surface area (Å²) in [7, 11) is 3.57. The molecule has 1 fully saturated rings. The van der Waals surface area contributed by atoms with Gasteiger partial charge in [0, 0.05) is 19.8 Å².